The van der Waals surface area contributed by atoms with E-state index in [0.29, 0.717) is 19.5 Å². The van der Waals surface area contributed by atoms with Gasteiger partial charge in [-0.25, -0.2) is 4.79 Å². The van der Waals surface area contributed by atoms with E-state index in [0.717, 1.165) is 22.4 Å². The van der Waals surface area contributed by atoms with Gasteiger partial charge in [0.05, 0.1) is 0 Å². The second-order valence-electron chi connectivity index (χ2n) is 6.55. The van der Waals surface area contributed by atoms with E-state index < -0.39 is 12.1 Å². The van der Waals surface area contributed by atoms with Crippen LogP contribution in [-0.2, 0) is 29.0 Å². The Morgan fingerprint density at radius 1 is 1.19 bits per heavy atom. The van der Waals surface area contributed by atoms with E-state index in [-0.39, 0.29) is 18.4 Å². The lowest BCUT2D eigenvalue weighted by Gasteiger charge is -2.28. The lowest BCUT2D eigenvalue weighted by atomic mass is 10.1. The van der Waals surface area contributed by atoms with Gasteiger partial charge in [-0.3, -0.25) is 14.5 Å². The van der Waals surface area contributed by atoms with E-state index in [1.807, 2.05) is 41.8 Å². The number of benzene rings is 1. The first-order valence-electron chi connectivity index (χ1n) is 8.60. The summed E-state index contributed by atoms with van der Waals surface area (Å²) in [5.74, 6) is -0.522. The highest BCUT2D eigenvalue weighted by molar-refractivity contribution is 7.10. The summed E-state index contributed by atoms with van der Waals surface area (Å²) in [5, 5.41) is 4.72. The van der Waals surface area contributed by atoms with Crippen LogP contribution in [0.1, 0.15) is 16.0 Å². The minimum absolute atomic E-state index is 0.189. The van der Waals surface area contributed by atoms with Crippen LogP contribution in [-0.4, -0.2) is 46.8 Å². The summed E-state index contributed by atoms with van der Waals surface area (Å²) in [6.45, 7) is 0.980. The minimum Gasteiger partial charge on any atom is -0.336 e. The van der Waals surface area contributed by atoms with Crippen molar-refractivity contribution in [3.8, 4) is 0 Å². The topological polar surface area (TPSA) is 69.7 Å². The first-order valence-corrected chi connectivity index (χ1v) is 9.48. The second kappa shape index (κ2) is 6.92. The van der Waals surface area contributed by atoms with E-state index in [9.17, 15) is 14.4 Å². The van der Waals surface area contributed by atoms with E-state index in [1.54, 1.807) is 16.2 Å². The predicted molar refractivity (Wildman–Crippen MR) is 97.6 cm³/mol. The average molecular weight is 369 g/mol. The lowest BCUT2D eigenvalue weighted by Crippen LogP contribution is -2.44. The van der Waals surface area contributed by atoms with Crippen LogP contribution in [0.4, 0.5) is 4.79 Å². The summed E-state index contributed by atoms with van der Waals surface area (Å²) in [4.78, 5) is 41.4. The molecule has 6 nitrogen and oxygen atoms in total. The number of carbonyl (C=O) groups excluding carboxylic acids is 3. The lowest BCUT2D eigenvalue weighted by molar-refractivity contribution is -0.137. The highest BCUT2D eigenvalue weighted by atomic mass is 32.1. The maximum Gasteiger partial charge on any atom is 0.325 e. The summed E-state index contributed by atoms with van der Waals surface area (Å²) < 4.78 is 0. The molecule has 1 unspecified atom stereocenters. The molecule has 3 heterocycles. The Hall–Kier alpha value is -2.67. The number of carbonyl (C=O) groups is 3. The van der Waals surface area contributed by atoms with E-state index >= 15 is 0 Å². The normalized spacial score (nSPS) is 19.5. The quantitative estimate of drug-likeness (QED) is 0.836. The monoisotopic (exact) mass is 369 g/mol. The van der Waals surface area contributed by atoms with E-state index in [4.69, 9.17) is 0 Å². The van der Waals surface area contributed by atoms with Crippen molar-refractivity contribution in [3.05, 3.63) is 57.8 Å². The number of amides is 4. The van der Waals surface area contributed by atoms with Crippen molar-refractivity contribution < 1.29 is 14.4 Å². The summed E-state index contributed by atoms with van der Waals surface area (Å²) in [5.41, 5.74) is 2.13. The van der Waals surface area contributed by atoms with E-state index in [2.05, 4.69) is 5.32 Å². The van der Waals surface area contributed by atoms with Crippen LogP contribution < -0.4 is 5.32 Å². The highest BCUT2D eigenvalue weighted by Crippen LogP contribution is 2.24. The van der Waals surface area contributed by atoms with E-state index in [1.165, 1.54) is 4.88 Å². The van der Waals surface area contributed by atoms with Crippen molar-refractivity contribution >= 4 is 29.2 Å². The third-order valence-electron chi connectivity index (χ3n) is 4.84. The molecule has 0 radical (unpaired) electrons. The van der Waals surface area contributed by atoms with Gasteiger partial charge in [-0.1, -0.05) is 30.3 Å². The van der Waals surface area contributed by atoms with Crippen molar-refractivity contribution in [1.82, 2.24) is 15.1 Å². The molecule has 0 aliphatic carbocycles. The molecule has 2 aliphatic rings. The van der Waals surface area contributed by atoms with Crippen LogP contribution in [0, 0.1) is 0 Å². The number of fused-ring (bicyclic) bond motifs is 1. The first kappa shape index (κ1) is 16.8. The zero-order valence-corrected chi connectivity index (χ0v) is 15.0. The van der Waals surface area contributed by atoms with Gasteiger partial charge in [0.2, 0.25) is 5.91 Å². The van der Waals surface area contributed by atoms with Gasteiger partial charge >= 0.3 is 6.03 Å². The Bertz CT molecular complexity index is 849. The molecular weight excluding hydrogens is 350 g/mol. The molecule has 1 saturated heterocycles. The number of thiophene rings is 1. The number of rotatable bonds is 4. The Morgan fingerprint density at radius 2 is 2.00 bits per heavy atom. The molecule has 134 valence electrons. The molecule has 2 aromatic rings. The predicted octanol–water partition coefficient (Wildman–Crippen LogP) is 1.80. The van der Waals surface area contributed by atoms with Gasteiger partial charge in [-0.05, 0) is 29.0 Å². The van der Waals surface area contributed by atoms with Crippen LogP contribution in [0.5, 0.6) is 0 Å². The fraction of sp³-hybridized carbons (Fsp3) is 0.316. The Kier molecular flexibility index (Phi) is 4.46. The summed E-state index contributed by atoms with van der Waals surface area (Å²) in [7, 11) is 0. The number of urea groups is 1. The maximum atomic E-state index is 12.6. The van der Waals surface area contributed by atoms with Crippen LogP contribution >= 0.6 is 11.3 Å². The zero-order valence-electron chi connectivity index (χ0n) is 14.2. The maximum absolute atomic E-state index is 12.6. The SMILES string of the molecule is O=C(CN1C(=O)NC(Cc2ccccc2)C1=O)N1CCc2sccc2C1. The standard InChI is InChI=1S/C19H19N3O3S/c23-17(21-8-6-16-14(11-21)7-9-26-16)12-22-18(24)15(20-19(22)25)10-13-4-2-1-3-5-13/h1-5,7,9,15H,6,8,10-12H2,(H,20,25). The number of hydrogen-bond donors (Lipinski definition) is 1. The summed E-state index contributed by atoms with van der Waals surface area (Å²) in [6.07, 6.45) is 1.26. The first-order chi connectivity index (χ1) is 12.6. The van der Waals surface area contributed by atoms with Crippen LogP contribution in [0.15, 0.2) is 41.8 Å². The molecule has 0 bridgehead atoms. The molecule has 4 rings (SSSR count). The Labute approximate surface area is 155 Å². The van der Waals surface area contributed by atoms with Gasteiger partial charge in [0.15, 0.2) is 0 Å². The number of imide groups is 1. The van der Waals surface area contributed by atoms with Crippen LogP contribution in [0.3, 0.4) is 0 Å². The van der Waals surface area contributed by atoms with Crippen molar-refractivity contribution in [1.29, 1.82) is 0 Å². The van der Waals surface area contributed by atoms with Gasteiger partial charge in [0, 0.05) is 24.4 Å². The van der Waals surface area contributed by atoms with Gasteiger partial charge < -0.3 is 10.2 Å². The van der Waals surface area contributed by atoms with Gasteiger partial charge in [0.1, 0.15) is 12.6 Å². The zero-order chi connectivity index (χ0) is 18.1. The molecular formula is C19H19N3O3S. The molecule has 1 N–H and O–H groups in total. The van der Waals surface area contributed by atoms with Crippen LogP contribution in [0.2, 0.25) is 0 Å². The molecule has 26 heavy (non-hydrogen) atoms. The smallest absolute Gasteiger partial charge is 0.325 e. The Morgan fingerprint density at radius 3 is 2.81 bits per heavy atom. The molecule has 0 spiro atoms. The van der Waals surface area contributed by atoms with Crippen molar-refractivity contribution in [2.75, 3.05) is 13.1 Å². The third-order valence-corrected chi connectivity index (χ3v) is 5.87. The molecule has 1 aromatic heterocycles. The molecule has 0 saturated carbocycles. The molecule has 2 aliphatic heterocycles. The number of nitrogens with one attached hydrogen (secondary N) is 1. The molecule has 1 fully saturated rings. The summed E-state index contributed by atoms with van der Waals surface area (Å²) >= 11 is 1.71. The second-order valence-corrected chi connectivity index (χ2v) is 7.55. The van der Waals surface area contributed by atoms with Gasteiger partial charge in [-0.2, -0.15) is 0 Å². The molecule has 7 heteroatoms. The average Bonchev–Trinajstić information content (AvgIpc) is 3.22. The van der Waals surface area contributed by atoms with Gasteiger partial charge in [-0.15, -0.1) is 11.3 Å². The Balaban J connectivity index is 1.39. The van der Waals surface area contributed by atoms with Crippen molar-refractivity contribution in [3.63, 3.8) is 0 Å². The number of nitrogens with zero attached hydrogens (tertiary/aromatic N) is 2. The molecule has 4 amide bonds. The third kappa shape index (κ3) is 3.22. The van der Waals surface area contributed by atoms with Crippen molar-refractivity contribution in [2.24, 2.45) is 0 Å². The van der Waals surface area contributed by atoms with Gasteiger partial charge in [0.25, 0.3) is 5.91 Å². The number of hydrogen-bond acceptors (Lipinski definition) is 4. The highest BCUT2D eigenvalue weighted by Gasteiger charge is 2.39. The molecule has 1 aromatic carbocycles. The fourth-order valence-corrected chi connectivity index (χ4v) is 4.30. The fourth-order valence-electron chi connectivity index (χ4n) is 3.41. The van der Waals surface area contributed by atoms with Crippen LogP contribution in [0.25, 0.3) is 0 Å². The summed E-state index contributed by atoms with van der Waals surface area (Å²) in [6, 6.07) is 10.5. The minimum atomic E-state index is -0.609. The largest absolute Gasteiger partial charge is 0.336 e. The van der Waals surface area contributed by atoms with Crippen molar-refractivity contribution in [2.45, 2.75) is 25.4 Å². The molecule has 1 atom stereocenters.